The first-order valence-corrected chi connectivity index (χ1v) is 4.81. The van der Waals surface area contributed by atoms with E-state index >= 15 is 0 Å². The molecule has 2 nitrogen and oxygen atoms in total. The van der Waals surface area contributed by atoms with Crippen molar-refractivity contribution in [3.63, 3.8) is 0 Å². The van der Waals surface area contributed by atoms with Gasteiger partial charge in [0.1, 0.15) is 5.75 Å². The number of nitrogens with two attached hydrogens (primary N) is 1. The number of hydrogen-bond donors (Lipinski definition) is 2. The highest BCUT2D eigenvalue weighted by molar-refractivity contribution is 5.18. The highest BCUT2D eigenvalue weighted by atomic mass is 16.3. The predicted octanol–water partition coefficient (Wildman–Crippen LogP) is 2.54. The predicted molar refractivity (Wildman–Crippen MR) is 62.4 cm³/mol. The number of aromatic hydroxyl groups is 1. The van der Waals surface area contributed by atoms with Gasteiger partial charge in [0.05, 0.1) is 0 Å². The van der Waals surface area contributed by atoms with Gasteiger partial charge in [-0.15, -0.1) is 0 Å². The minimum absolute atomic E-state index is 0.322. The number of para-hydroxylation sites is 1. The molecule has 2 aromatic rings. The molecule has 0 spiro atoms. The first-order valence-electron chi connectivity index (χ1n) is 4.81. The van der Waals surface area contributed by atoms with Crippen LogP contribution in [0.4, 0.5) is 0 Å². The fourth-order valence-electron chi connectivity index (χ4n) is 1.04. The molecule has 0 aliphatic carbocycles. The van der Waals surface area contributed by atoms with E-state index in [1.807, 2.05) is 36.4 Å². The van der Waals surface area contributed by atoms with E-state index in [0.717, 1.165) is 0 Å². The summed E-state index contributed by atoms with van der Waals surface area (Å²) in [4.78, 5) is 0. The zero-order chi connectivity index (χ0) is 10.9. The van der Waals surface area contributed by atoms with Gasteiger partial charge >= 0.3 is 0 Å². The van der Waals surface area contributed by atoms with Gasteiger partial charge in [-0.05, 0) is 17.7 Å². The SMILES string of the molecule is NCc1ccccc1.Oc1ccccc1. The summed E-state index contributed by atoms with van der Waals surface area (Å²) in [5.74, 6) is 0.322. The first kappa shape index (κ1) is 11.3. The van der Waals surface area contributed by atoms with E-state index in [0.29, 0.717) is 12.3 Å². The minimum atomic E-state index is 0.322. The average Bonchev–Trinajstić information content (AvgIpc) is 2.32. The van der Waals surface area contributed by atoms with Gasteiger partial charge in [-0.25, -0.2) is 0 Å². The molecule has 2 rings (SSSR count). The van der Waals surface area contributed by atoms with E-state index in [1.54, 1.807) is 24.3 Å². The van der Waals surface area contributed by atoms with Gasteiger partial charge in [-0.2, -0.15) is 0 Å². The van der Waals surface area contributed by atoms with E-state index < -0.39 is 0 Å². The third-order valence-corrected chi connectivity index (χ3v) is 1.83. The summed E-state index contributed by atoms with van der Waals surface area (Å²) >= 11 is 0. The van der Waals surface area contributed by atoms with Gasteiger partial charge in [0.25, 0.3) is 0 Å². The lowest BCUT2D eigenvalue weighted by Crippen LogP contribution is -1.94. The number of benzene rings is 2. The molecule has 0 saturated heterocycles. The Morgan fingerprint density at radius 3 is 1.53 bits per heavy atom. The second kappa shape index (κ2) is 6.62. The molecule has 0 fully saturated rings. The third kappa shape index (κ3) is 4.84. The molecule has 2 heteroatoms. The summed E-state index contributed by atoms with van der Waals surface area (Å²) in [7, 11) is 0. The van der Waals surface area contributed by atoms with Crippen LogP contribution in [-0.2, 0) is 6.54 Å². The highest BCUT2D eigenvalue weighted by Gasteiger charge is 1.80. The fourth-order valence-corrected chi connectivity index (χ4v) is 1.04. The van der Waals surface area contributed by atoms with Crippen LogP contribution in [0.15, 0.2) is 60.7 Å². The maximum atomic E-state index is 8.63. The maximum absolute atomic E-state index is 8.63. The molecule has 0 unspecified atom stereocenters. The summed E-state index contributed by atoms with van der Waals surface area (Å²) in [5.41, 5.74) is 6.54. The van der Waals surface area contributed by atoms with Gasteiger partial charge in [0, 0.05) is 6.54 Å². The Morgan fingerprint density at radius 1 is 0.800 bits per heavy atom. The largest absolute Gasteiger partial charge is 0.508 e. The van der Waals surface area contributed by atoms with Crippen molar-refractivity contribution >= 4 is 0 Å². The van der Waals surface area contributed by atoms with Gasteiger partial charge in [-0.3, -0.25) is 0 Å². The van der Waals surface area contributed by atoms with Crippen LogP contribution < -0.4 is 5.73 Å². The third-order valence-electron chi connectivity index (χ3n) is 1.83. The summed E-state index contributed by atoms with van der Waals surface area (Å²) in [5, 5.41) is 8.63. The van der Waals surface area contributed by atoms with Crippen molar-refractivity contribution in [1.82, 2.24) is 0 Å². The lowest BCUT2D eigenvalue weighted by atomic mass is 10.2. The average molecular weight is 201 g/mol. The normalized spacial score (nSPS) is 8.87. The molecular weight excluding hydrogens is 186 g/mol. The van der Waals surface area contributed by atoms with Gasteiger partial charge in [0.15, 0.2) is 0 Å². The second-order valence-electron chi connectivity index (χ2n) is 3.03. The van der Waals surface area contributed by atoms with Crippen molar-refractivity contribution in [2.75, 3.05) is 0 Å². The molecule has 2 aromatic carbocycles. The van der Waals surface area contributed by atoms with E-state index in [-0.39, 0.29) is 0 Å². The van der Waals surface area contributed by atoms with Crippen LogP contribution in [0.25, 0.3) is 0 Å². The molecule has 15 heavy (non-hydrogen) atoms. The second-order valence-corrected chi connectivity index (χ2v) is 3.03. The fraction of sp³-hybridized carbons (Fsp3) is 0.0769. The Hall–Kier alpha value is -1.80. The number of phenolic OH excluding ortho intramolecular Hbond substituents is 1. The lowest BCUT2D eigenvalue weighted by Gasteiger charge is -1.90. The van der Waals surface area contributed by atoms with Crippen molar-refractivity contribution in [1.29, 1.82) is 0 Å². The highest BCUT2D eigenvalue weighted by Crippen LogP contribution is 2.02. The van der Waals surface area contributed by atoms with Crippen LogP contribution >= 0.6 is 0 Å². The summed E-state index contributed by atoms with van der Waals surface area (Å²) < 4.78 is 0. The molecule has 3 N–H and O–H groups in total. The number of phenols is 1. The Balaban J connectivity index is 0.000000151. The van der Waals surface area contributed by atoms with Crippen molar-refractivity contribution in [3.05, 3.63) is 66.2 Å². The van der Waals surface area contributed by atoms with Crippen molar-refractivity contribution in [2.45, 2.75) is 6.54 Å². The van der Waals surface area contributed by atoms with Crippen LogP contribution in [-0.4, -0.2) is 5.11 Å². The quantitative estimate of drug-likeness (QED) is 0.744. The molecule has 78 valence electrons. The Labute approximate surface area is 90.0 Å². The maximum Gasteiger partial charge on any atom is 0.115 e. The van der Waals surface area contributed by atoms with Gasteiger partial charge in [0.2, 0.25) is 0 Å². The molecule has 0 saturated carbocycles. The van der Waals surface area contributed by atoms with Crippen LogP contribution in [0.2, 0.25) is 0 Å². The molecule has 0 aliphatic rings. The first-order chi connectivity index (χ1) is 7.33. The van der Waals surface area contributed by atoms with Gasteiger partial charge in [-0.1, -0.05) is 48.5 Å². The summed E-state index contributed by atoms with van der Waals surface area (Å²) in [6.07, 6.45) is 0. The summed E-state index contributed by atoms with van der Waals surface area (Å²) in [6.45, 7) is 0.640. The number of rotatable bonds is 1. The molecule has 0 aliphatic heterocycles. The number of hydrogen-bond acceptors (Lipinski definition) is 2. The molecule has 0 heterocycles. The van der Waals surface area contributed by atoms with Crippen LogP contribution in [0, 0.1) is 0 Å². The standard InChI is InChI=1S/C7H9N.C6H6O/c8-6-7-4-2-1-3-5-7;7-6-4-2-1-3-5-6/h1-5H,6,8H2;1-5,7H. The van der Waals surface area contributed by atoms with E-state index in [2.05, 4.69) is 0 Å². The van der Waals surface area contributed by atoms with E-state index in [9.17, 15) is 0 Å². The smallest absolute Gasteiger partial charge is 0.115 e. The topological polar surface area (TPSA) is 46.2 Å². The van der Waals surface area contributed by atoms with Crippen molar-refractivity contribution < 1.29 is 5.11 Å². The lowest BCUT2D eigenvalue weighted by molar-refractivity contribution is 0.475. The monoisotopic (exact) mass is 201 g/mol. The zero-order valence-electron chi connectivity index (χ0n) is 8.51. The Bertz CT molecular complexity index is 359. The Morgan fingerprint density at radius 2 is 1.27 bits per heavy atom. The molecule has 0 bridgehead atoms. The van der Waals surface area contributed by atoms with E-state index in [4.69, 9.17) is 10.8 Å². The van der Waals surface area contributed by atoms with Crippen molar-refractivity contribution in [2.24, 2.45) is 5.73 Å². The van der Waals surface area contributed by atoms with Crippen LogP contribution in [0.5, 0.6) is 5.75 Å². The molecular formula is C13H15NO. The Kier molecular flexibility index (Phi) is 4.98. The van der Waals surface area contributed by atoms with Crippen LogP contribution in [0.1, 0.15) is 5.56 Å². The molecule has 0 atom stereocenters. The van der Waals surface area contributed by atoms with Crippen LogP contribution in [0.3, 0.4) is 0 Å². The van der Waals surface area contributed by atoms with Gasteiger partial charge < -0.3 is 10.8 Å². The van der Waals surface area contributed by atoms with Crippen molar-refractivity contribution in [3.8, 4) is 5.75 Å². The summed E-state index contributed by atoms with van der Waals surface area (Å²) in [6, 6.07) is 18.7. The molecule has 0 radical (unpaired) electrons. The van der Waals surface area contributed by atoms with E-state index in [1.165, 1.54) is 5.56 Å². The minimum Gasteiger partial charge on any atom is -0.508 e. The molecule has 0 aromatic heterocycles. The zero-order valence-corrected chi connectivity index (χ0v) is 8.51. The molecule has 0 amide bonds.